The van der Waals surface area contributed by atoms with Gasteiger partial charge in [-0.15, -0.1) is 0 Å². The van der Waals surface area contributed by atoms with E-state index in [1.807, 2.05) is 54.6 Å². The average Bonchev–Trinajstić information content (AvgIpc) is 2.62. The molecule has 0 spiro atoms. The van der Waals surface area contributed by atoms with Gasteiger partial charge in [-0.05, 0) is 19.4 Å². The summed E-state index contributed by atoms with van der Waals surface area (Å²) in [6.45, 7) is 3.27. The first-order chi connectivity index (χ1) is 12.4. The number of rotatable bonds is 5. The molecule has 0 aliphatic heterocycles. The Balaban J connectivity index is 1.97. The Morgan fingerprint density at radius 1 is 1.08 bits per heavy atom. The smallest absolute Gasteiger partial charge is 0.255 e. The van der Waals surface area contributed by atoms with Gasteiger partial charge in [0.1, 0.15) is 18.0 Å². The van der Waals surface area contributed by atoms with Crippen LogP contribution in [0.2, 0.25) is 0 Å². The van der Waals surface area contributed by atoms with E-state index in [1.165, 1.54) is 13.8 Å². The van der Waals surface area contributed by atoms with Gasteiger partial charge in [0, 0.05) is 16.8 Å². The van der Waals surface area contributed by atoms with Crippen LogP contribution in [0.25, 0.3) is 10.8 Å². The van der Waals surface area contributed by atoms with Crippen LogP contribution in [0.15, 0.2) is 60.7 Å². The fourth-order valence-corrected chi connectivity index (χ4v) is 2.62. The lowest BCUT2D eigenvalue weighted by molar-refractivity contribution is -0.130. The normalized spacial score (nSPS) is 11.3. The molecule has 0 unspecified atom stereocenters. The van der Waals surface area contributed by atoms with Crippen molar-refractivity contribution in [1.82, 2.24) is 0 Å². The van der Waals surface area contributed by atoms with Gasteiger partial charge >= 0.3 is 0 Å². The molecule has 134 valence electrons. The topological polar surface area (TPSA) is 84.6 Å². The summed E-state index contributed by atoms with van der Waals surface area (Å²) in [5.74, 6) is 0.121. The van der Waals surface area contributed by atoms with E-state index in [-0.39, 0.29) is 0 Å². The van der Waals surface area contributed by atoms with Crippen molar-refractivity contribution in [2.45, 2.75) is 26.1 Å². The van der Waals surface area contributed by atoms with Crippen LogP contribution in [-0.2, 0) is 11.4 Å². The zero-order valence-electron chi connectivity index (χ0n) is 14.8. The van der Waals surface area contributed by atoms with Crippen LogP contribution in [-0.4, -0.2) is 16.6 Å². The predicted octanol–water partition coefficient (Wildman–Crippen LogP) is 3.71. The second kappa shape index (κ2) is 7.06. The minimum atomic E-state index is -1.50. The number of hydrogen-bond acceptors (Lipinski definition) is 4. The molecule has 1 amide bonds. The number of nitrogens with two attached hydrogens (primary N) is 1. The molecule has 3 rings (SSSR count). The van der Waals surface area contributed by atoms with Gasteiger partial charge in [-0.3, -0.25) is 4.79 Å². The molecule has 4 N–H and O–H groups in total. The van der Waals surface area contributed by atoms with Crippen LogP contribution in [0.4, 0.5) is 11.4 Å². The maximum absolute atomic E-state index is 12.2. The van der Waals surface area contributed by atoms with Crippen molar-refractivity contribution in [2.24, 2.45) is 0 Å². The van der Waals surface area contributed by atoms with Crippen molar-refractivity contribution in [3.05, 3.63) is 66.2 Å². The molecule has 5 heteroatoms. The Hall–Kier alpha value is -3.05. The first kappa shape index (κ1) is 17.8. The van der Waals surface area contributed by atoms with Crippen LogP contribution in [0, 0.1) is 0 Å². The molecule has 0 heterocycles. The van der Waals surface area contributed by atoms with E-state index in [2.05, 4.69) is 5.32 Å². The van der Waals surface area contributed by atoms with Gasteiger partial charge in [-0.2, -0.15) is 0 Å². The van der Waals surface area contributed by atoms with Crippen molar-refractivity contribution in [2.75, 3.05) is 11.1 Å². The summed E-state index contributed by atoms with van der Waals surface area (Å²) in [6, 6.07) is 19.1. The van der Waals surface area contributed by atoms with Gasteiger partial charge in [0.2, 0.25) is 0 Å². The summed E-state index contributed by atoms with van der Waals surface area (Å²) in [7, 11) is 0. The number of amides is 1. The Bertz CT molecular complexity index is 931. The standard InChI is InChI=1S/C21H22N2O3/c1-21(2,25)20(24)23-19-16-11-7-6-10-15(16)18(12-17(19)22)26-13-14-8-4-3-5-9-14/h3-12,25H,13,22H2,1-2H3,(H,23,24). The van der Waals surface area contributed by atoms with Gasteiger partial charge in [0.05, 0.1) is 11.4 Å². The second-order valence-corrected chi connectivity index (χ2v) is 6.67. The third-order valence-corrected chi connectivity index (χ3v) is 4.07. The van der Waals surface area contributed by atoms with Crippen LogP contribution < -0.4 is 15.8 Å². The Labute approximate surface area is 152 Å². The van der Waals surface area contributed by atoms with Crippen LogP contribution in [0.3, 0.4) is 0 Å². The van der Waals surface area contributed by atoms with Crippen molar-refractivity contribution in [1.29, 1.82) is 0 Å². The lowest BCUT2D eigenvalue weighted by atomic mass is 10.0. The minimum Gasteiger partial charge on any atom is -0.488 e. The van der Waals surface area contributed by atoms with Crippen molar-refractivity contribution < 1.29 is 14.6 Å². The predicted molar refractivity (Wildman–Crippen MR) is 104 cm³/mol. The summed E-state index contributed by atoms with van der Waals surface area (Å²) in [4.78, 5) is 12.2. The number of carbonyl (C=O) groups excluding carboxylic acids is 1. The lowest BCUT2D eigenvalue weighted by Gasteiger charge is -2.20. The van der Waals surface area contributed by atoms with Crippen molar-refractivity contribution in [3.63, 3.8) is 0 Å². The third-order valence-electron chi connectivity index (χ3n) is 4.07. The highest BCUT2D eigenvalue weighted by atomic mass is 16.5. The van der Waals surface area contributed by atoms with Gasteiger partial charge < -0.3 is 20.9 Å². The summed E-state index contributed by atoms with van der Waals surface area (Å²) < 4.78 is 5.97. The molecule has 5 nitrogen and oxygen atoms in total. The van der Waals surface area contributed by atoms with Crippen LogP contribution in [0.5, 0.6) is 5.75 Å². The summed E-state index contributed by atoms with van der Waals surface area (Å²) in [6.07, 6.45) is 0. The first-order valence-corrected chi connectivity index (χ1v) is 8.38. The molecule has 0 aliphatic carbocycles. The third kappa shape index (κ3) is 3.78. The number of nitrogens with one attached hydrogen (secondary N) is 1. The number of carbonyl (C=O) groups is 1. The van der Waals surface area contributed by atoms with E-state index in [9.17, 15) is 9.90 Å². The fourth-order valence-electron chi connectivity index (χ4n) is 2.62. The Morgan fingerprint density at radius 3 is 2.35 bits per heavy atom. The molecule has 0 radical (unpaired) electrons. The van der Waals surface area contributed by atoms with Crippen LogP contribution >= 0.6 is 0 Å². The van der Waals surface area contributed by atoms with E-state index in [4.69, 9.17) is 10.5 Å². The van der Waals surface area contributed by atoms with Crippen molar-refractivity contribution >= 4 is 28.1 Å². The molecule has 26 heavy (non-hydrogen) atoms. The average molecular weight is 350 g/mol. The Kier molecular flexibility index (Phi) is 4.82. The minimum absolute atomic E-state index is 0.379. The number of hydrogen-bond donors (Lipinski definition) is 3. The maximum atomic E-state index is 12.2. The lowest BCUT2D eigenvalue weighted by Crippen LogP contribution is -2.36. The van der Waals surface area contributed by atoms with Gasteiger partial charge in [0.15, 0.2) is 0 Å². The largest absolute Gasteiger partial charge is 0.488 e. The molecule has 0 aliphatic rings. The van der Waals surface area contributed by atoms with E-state index in [0.29, 0.717) is 23.7 Å². The molecule has 0 bridgehead atoms. The van der Waals surface area contributed by atoms with E-state index in [1.54, 1.807) is 6.07 Å². The quantitative estimate of drug-likeness (QED) is 0.613. The summed E-state index contributed by atoms with van der Waals surface area (Å²) >= 11 is 0. The fraction of sp³-hybridized carbons (Fsp3) is 0.190. The zero-order valence-corrected chi connectivity index (χ0v) is 14.8. The Morgan fingerprint density at radius 2 is 1.69 bits per heavy atom. The number of aliphatic hydroxyl groups is 1. The molecule has 0 saturated carbocycles. The number of anilines is 2. The van der Waals surface area contributed by atoms with E-state index >= 15 is 0 Å². The summed E-state index contributed by atoms with van der Waals surface area (Å²) in [5, 5.41) is 14.2. The first-order valence-electron chi connectivity index (χ1n) is 8.38. The molecule has 0 fully saturated rings. The highest BCUT2D eigenvalue weighted by Gasteiger charge is 2.25. The monoisotopic (exact) mass is 350 g/mol. The van der Waals surface area contributed by atoms with Gasteiger partial charge in [-0.25, -0.2) is 0 Å². The number of nitrogen functional groups attached to an aromatic ring is 1. The molecule has 3 aromatic rings. The highest BCUT2D eigenvalue weighted by molar-refractivity contribution is 6.10. The van der Waals surface area contributed by atoms with E-state index in [0.717, 1.165) is 16.3 Å². The number of fused-ring (bicyclic) bond motifs is 1. The second-order valence-electron chi connectivity index (χ2n) is 6.67. The molecule has 0 aromatic heterocycles. The van der Waals surface area contributed by atoms with Crippen molar-refractivity contribution in [3.8, 4) is 5.75 Å². The zero-order chi connectivity index (χ0) is 18.7. The van der Waals surface area contributed by atoms with Gasteiger partial charge in [-0.1, -0.05) is 54.6 Å². The molecular weight excluding hydrogens is 328 g/mol. The van der Waals surface area contributed by atoms with Crippen LogP contribution in [0.1, 0.15) is 19.4 Å². The maximum Gasteiger partial charge on any atom is 0.255 e. The highest BCUT2D eigenvalue weighted by Crippen LogP contribution is 2.37. The number of benzene rings is 3. The number of ether oxygens (including phenoxy) is 1. The van der Waals surface area contributed by atoms with Gasteiger partial charge in [0.25, 0.3) is 5.91 Å². The molecular formula is C21H22N2O3. The SMILES string of the molecule is CC(C)(O)C(=O)Nc1c(N)cc(OCc2ccccc2)c2ccccc12. The molecule has 0 atom stereocenters. The molecule has 0 saturated heterocycles. The summed E-state index contributed by atoms with van der Waals surface area (Å²) in [5.41, 5.74) is 6.57. The van der Waals surface area contributed by atoms with E-state index < -0.39 is 11.5 Å². The molecule has 3 aromatic carbocycles.